The topological polar surface area (TPSA) is 50.8 Å². The molecule has 0 bridgehead atoms. The average Bonchev–Trinajstić information content (AvgIpc) is 2.97. The standard InChI is InChI=1S/C16H21FN2O3/c17-13-3-1-2-4-14(13)18-15(20)5-8-19-9-6-16(7-10-19)21-11-12-22-16/h1-4H,5-12H2,(H,18,20). The van der Waals surface area contributed by atoms with Gasteiger partial charge < -0.3 is 19.7 Å². The van der Waals surface area contributed by atoms with E-state index in [0.717, 1.165) is 25.9 Å². The second-order valence-corrected chi connectivity index (χ2v) is 5.73. The van der Waals surface area contributed by atoms with E-state index in [1.165, 1.54) is 6.07 Å². The van der Waals surface area contributed by atoms with Crippen molar-refractivity contribution >= 4 is 11.6 Å². The zero-order chi connectivity index (χ0) is 15.4. The SMILES string of the molecule is O=C(CCN1CCC2(CC1)OCCO2)Nc1ccccc1F. The molecule has 0 aromatic heterocycles. The van der Waals surface area contributed by atoms with Crippen LogP contribution in [0.5, 0.6) is 0 Å². The summed E-state index contributed by atoms with van der Waals surface area (Å²) in [5, 5.41) is 2.61. The molecule has 0 radical (unpaired) electrons. The van der Waals surface area contributed by atoms with E-state index in [1.54, 1.807) is 18.2 Å². The molecule has 0 unspecified atom stereocenters. The zero-order valence-corrected chi connectivity index (χ0v) is 12.5. The molecule has 1 aromatic carbocycles. The normalized spacial score (nSPS) is 21.1. The van der Waals surface area contributed by atoms with E-state index < -0.39 is 5.82 Å². The molecule has 120 valence electrons. The van der Waals surface area contributed by atoms with Crippen LogP contribution in [0.4, 0.5) is 10.1 Å². The first-order chi connectivity index (χ1) is 10.7. The molecule has 22 heavy (non-hydrogen) atoms. The maximum atomic E-state index is 13.5. The van der Waals surface area contributed by atoms with E-state index >= 15 is 0 Å². The summed E-state index contributed by atoms with van der Waals surface area (Å²) >= 11 is 0. The fourth-order valence-corrected chi connectivity index (χ4v) is 2.94. The molecule has 1 amide bonds. The van der Waals surface area contributed by atoms with Gasteiger partial charge in [0.05, 0.1) is 18.9 Å². The monoisotopic (exact) mass is 308 g/mol. The second-order valence-electron chi connectivity index (χ2n) is 5.73. The first-order valence-corrected chi connectivity index (χ1v) is 7.72. The fourth-order valence-electron chi connectivity index (χ4n) is 2.94. The summed E-state index contributed by atoms with van der Waals surface area (Å²) in [6.07, 6.45) is 2.02. The number of carbonyl (C=O) groups is 1. The maximum absolute atomic E-state index is 13.5. The molecule has 5 nitrogen and oxygen atoms in total. The van der Waals surface area contributed by atoms with E-state index in [2.05, 4.69) is 10.2 Å². The lowest BCUT2D eigenvalue weighted by atomic mass is 10.0. The van der Waals surface area contributed by atoms with Gasteiger partial charge in [-0.1, -0.05) is 12.1 Å². The van der Waals surface area contributed by atoms with E-state index in [4.69, 9.17) is 9.47 Å². The lowest BCUT2D eigenvalue weighted by Crippen LogP contribution is -2.45. The van der Waals surface area contributed by atoms with Crippen molar-refractivity contribution in [3.05, 3.63) is 30.1 Å². The van der Waals surface area contributed by atoms with Crippen LogP contribution in [0.1, 0.15) is 19.3 Å². The Morgan fingerprint density at radius 3 is 2.59 bits per heavy atom. The van der Waals surface area contributed by atoms with Gasteiger partial charge in [0.1, 0.15) is 5.82 Å². The molecule has 2 heterocycles. The number of likely N-dealkylation sites (tertiary alicyclic amines) is 1. The lowest BCUT2D eigenvalue weighted by Gasteiger charge is -2.37. The third-order valence-electron chi connectivity index (χ3n) is 4.23. The number of piperidine rings is 1. The van der Waals surface area contributed by atoms with Crippen LogP contribution < -0.4 is 5.32 Å². The molecule has 3 rings (SSSR count). The predicted octanol–water partition coefficient (Wildman–Crippen LogP) is 1.99. The van der Waals surface area contributed by atoms with Gasteiger partial charge in [0, 0.05) is 38.9 Å². The van der Waals surface area contributed by atoms with Crippen LogP contribution in [0, 0.1) is 5.82 Å². The van der Waals surface area contributed by atoms with Crippen molar-refractivity contribution in [2.24, 2.45) is 0 Å². The number of hydrogen-bond acceptors (Lipinski definition) is 4. The van der Waals surface area contributed by atoms with Crippen LogP contribution in [0.2, 0.25) is 0 Å². The Balaban J connectivity index is 1.41. The zero-order valence-electron chi connectivity index (χ0n) is 12.5. The molecule has 2 saturated heterocycles. The van der Waals surface area contributed by atoms with Gasteiger partial charge in [-0.25, -0.2) is 4.39 Å². The Morgan fingerprint density at radius 2 is 1.91 bits per heavy atom. The van der Waals surface area contributed by atoms with Gasteiger partial charge in [-0.15, -0.1) is 0 Å². The fraction of sp³-hybridized carbons (Fsp3) is 0.562. The molecule has 0 saturated carbocycles. The molecule has 6 heteroatoms. The first-order valence-electron chi connectivity index (χ1n) is 7.72. The lowest BCUT2D eigenvalue weighted by molar-refractivity contribution is -0.185. The van der Waals surface area contributed by atoms with E-state index in [0.29, 0.717) is 26.2 Å². The van der Waals surface area contributed by atoms with Crippen molar-refractivity contribution in [1.29, 1.82) is 0 Å². The Morgan fingerprint density at radius 1 is 1.23 bits per heavy atom. The number of halogens is 1. The number of carbonyl (C=O) groups excluding carboxylic acids is 1. The number of anilines is 1. The van der Waals surface area contributed by atoms with Gasteiger partial charge in [-0.05, 0) is 12.1 Å². The van der Waals surface area contributed by atoms with Crippen LogP contribution >= 0.6 is 0 Å². The smallest absolute Gasteiger partial charge is 0.225 e. The summed E-state index contributed by atoms with van der Waals surface area (Å²) in [6.45, 7) is 3.71. The van der Waals surface area contributed by atoms with Crippen molar-refractivity contribution in [1.82, 2.24) is 4.90 Å². The number of ether oxygens (including phenoxy) is 2. The molecule has 1 aromatic rings. The summed E-state index contributed by atoms with van der Waals surface area (Å²) in [5.74, 6) is -0.962. The molecule has 2 aliphatic heterocycles. The van der Waals surface area contributed by atoms with Crippen LogP contribution in [0.25, 0.3) is 0 Å². The number of amides is 1. The number of benzene rings is 1. The third kappa shape index (κ3) is 3.63. The first kappa shape index (κ1) is 15.4. The summed E-state index contributed by atoms with van der Waals surface area (Å²) < 4.78 is 24.8. The quantitative estimate of drug-likeness (QED) is 0.924. The molecule has 0 atom stereocenters. The highest BCUT2D eigenvalue weighted by atomic mass is 19.1. The summed E-state index contributed by atoms with van der Waals surface area (Å²) in [7, 11) is 0. The number of nitrogens with zero attached hydrogens (tertiary/aromatic N) is 1. The molecular formula is C16H21FN2O3. The molecule has 1 spiro atoms. The maximum Gasteiger partial charge on any atom is 0.225 e. The molecular weight excluding hydrogens is 287 g/mol. The summed E-state index contributed by atoms with van der Waals surface area (Å²) in [5.41, 5.74) is 0.234. The minimum Gasteiger partial charge on any atom is -0.347 e. The molecule has 0 aliphatic carbocycles. The highest BCUT2D eigenvalue weighted by Gasteiger charge is 2.39. The van der Waals surface area contributed by atoms with Crippen molar-refractivity contribution in [2.75, 3.05) is 38.2 Å². The largest absolute Gasteiger partial charge is 0.347 e. The van der Waals surface area contributed by atoms with Gasteiger partial charge in [-0.2, -0.15) is 0 Å². The number of nitrogens with one attached hydrogen (secondary N) is 1. The number of hydrogen-bond donors (Lipinski definition) is 1. The van der Waals surface area contributed by atoms with Gasteiger partial charge >= 0.3 is 0 Å². The van der Waals surface area contributed by atoms with Crippen molar-refractivity contribution in [3.63, 3.8) is 0 Å². The molecule has 2 fully saturated rings. The highest BCUT2D eigenvalue weighted by molar-refractivity contribution is 5.90. The van der Waals surface area contributed by atoms with E-state index in [1.807, 2.05) is 0 Å². The van der Waals surface area contributed by atoms with Gasteiger partial charge in [0.2, 0.25) is 5.91 Å². The Labute approximate surface area is 129 Å². The average molecular weight is 308 g/mol. The summed E-state index contributed by atoms with van der Waals surface area (Å²) in [6, 6.07) is 6.19. The predicted molar refractivity (Wildman–Crippen MR) is 80.0 cm³/mol. The van der Waals surface area contributed by atoms with Crippen LogP contribution in [-0.2, 0) is 14.3 Å². The van der Waals surface area contributed by atoms with Crippen molar-refractivity contribution in [3.8, 4) is 0 Å². The van der Waals surface area contributed by atoms with Gasteiger partial charge in [0.25, 0.3) is 0 Å². The minimum absolute atomic E-state index is 0.168. The Bertz CT molecular complexity index is 522. The van der Waals surface area contributed by atoms with Gasteiger partial charge in [-0.3, -0.25) is 4.79 Å². The van der Waals surface area contributed by atoms with Crippen LogP contribution in [-0.4, -0.2) is 49.4 Å². The Hall–Kier alpha value is -1.50. The summed E-state index contributed by atoms with van der Waals surface area (Å²) in [4.78, 5) is 14.1. The van der Waals surface area contributed by atoms with Crippen LogP contribution in [0.3, 0.4) is 0 Å². The number of para-hydroxylation sites is 1. The number of rotatable bonds is 4. The molecule has 1 N–H and O–H groups in total. The second kappa shape index (κ2) is 6.73. The van der Waals surface area contributed by atoms with E-state index in [9.17, 15) is 9.18 Å². The highest BCUT2D eigenvalue weighted by Crippen LogP contribution is 2.31. The van der Waals surface area contributed by atoms with E-state index in [-0.39, 0.29) is 17.4 Å². The van der Waals surface area contributed by atoms with Gasteiger partial charge in [0.15, 0.2) is 5.79 Å². The van der Waals surface area contributed by atoms with Crippen molar-refractivity contribution in [2.45, 2.75) is 25.0 Å². The van der Waals surface area contributed by atoms with Crippen molar-refractivity contribution < 1.29 is 18.7 Å². The Kier molecular flexibility index (Phi) is 4.71. The minimum atomic E-state index is -0.411. The van der Waals surface area contributed by atoms with Crippen LogP contribution in [0.15, 0.2) is 24.3 Å². The molecule has 2 aliphatic rings. The third-order valence-corrected chi connectivity index (χ3v) is 4.23.